The summed E-state index contributed by atoms with van der Waals surface area (Å²) in [5, 5.41) is 2.08. The number of hydrogen-bond acceptors (Lipinski definition) is 1. The molecule has 1 heterocycles. The van der Waals surface area contributed by atoms with Crippen molar-refractivity contribution >= 4 is 17.4 Å². The molecule has 0 saturated heterocycles. The molecule has 0 amide bonds. The van der Waals surface area contributed by atoms with E-state index in [4.69, 9.17) is 0 Å². The van der Waals surface area contributed by atoms with Crippen LogP contribution in [-0.2, 0) is 0 Å². The van der Waals surface area contributed by atoms with Crippen LogP contribution in [0, 0.1) is 11.8 Å². The normalized spacial score (nSPS) is 11.5. The van der Waals surface area contributed by atoms with Crippen LogP contribution in [-0.4, -0.2) is 0 Å². The quantitative estimate of drug-likeness (QED) is 0.530. The molecular formula is C11H12S. The van der Waals surface area contributed by atoms with Crippen molar-refractivity contribution in [1.29, 1.82) is 0 Å². The fraction of sp³-hybridized carbons (Fsp3) is 0.273. The molecule has 62 valence electrons. The standard InChI is InChI=1S/C9H6S.C2H6/c1-2-4-8-6-7-10-9(8)5-3-1;1-2/h3,5-7H,1H2;1-2H3. The van der Waals surface area contributed by atoms with Gasteiger partial charge in [-0.15, -0.1) is 11.3 Å². The summed E-state index contributed by atoms with van der Waals surface area (Å²) < 4.78 is 0. The predicted octanol–water partition coefficient (Wildman–Crippen LogP) is 3.54. The molecular weight excluding hydrogens is 164 g/mol. The minimum absolute atomic E-state index is 0.890. The molecule has 0 nitrogen and oxygen atoms in total. The van der Waals surface area contributed by atoms with E-state index in [9.17, 15) is 0 Å². The number of fused-ring (bicyclic) bond motifs is 1. The Morgan fingerprint density at radius 1 is 1.42 bits per heavy atom. The summed E-state index contributed by atoms with van der Waals surface area (Å²) in [6.45, 7) is 4.00. The lowest BCUT2D eigenvalue weighted by atomic mass is 10.3. The summed E-state index contributed by atoms with van der Waals surface area (Å²) in [6, 6.07) is 2.07. The summed E-state index contributed by atoms with van der Waals surface area (Å²) >= 11 is 1.75. The fourth-order valence-corrected chi connectivity index (χ4v) is 1.70. The second-order valence-corrected chi connectivity index (χ2v) is 3.05. The van der Waals surface area contributed by atoms with Crippen LogP contribution in [0.15, 0.2) is 17.5 Å². The fourth-order valence-electron chi connectivity index (χ4n) is 0.924. The van der Waals surface area contributed by atoms with Gasteiger partial charge in [0.1, 0.15) is 0 Å². The average Bonchev–Trinajstić information content (AvgIpc) is 2.46. The van der Waals surface area contributed by atoms with Gasteiger partial charge in [-0.05, 0) is 17.5 Å². The molecule has 1 heteroatoms. The van der Waals surface area contributed by atoms with Crippen LogP contribution >= 0.6 is 11.3 Å². The lowest BCUT2D eigenvalue weighted by molar-refractivity contribution is 1.50. The van der Waals surface area contributed by atoms with E-state index < -0.39 is 0 Å². The van der Waals surface area contributed by atoms with E-state index >= 15 is 0 Å². The van der Waals surface area contributed by atoms with Gasteiger partial charge in [-0.1, -0.05) is 31.8 Å². The molecule has 0 radical (unpaired) electrons. The molecule has 1 aromatic heterocycles. The van der Waals surface area contributed by atoms with E-state index in [1.165, 1.54) is 10.4 Å². The van der Waals surface area contributed by atoms with Crippen LogP contribution in [0.5, 0.6) is 0 Å². The highest BCUT2D eigenvalue weighted by molar-refractivity contribution is 7.11. The second kappa shape index (κ2) is 4.79. The molecule has 0 unspecified atom stereocenters. The maximum Gasteiger partial charge on any atom is 0.0425 e. The highest BCUT2D eigenvalue weighted by atomic mass is 32.1. The maximum absolute atomic E-state index is 3.10. The van der Waals surface area contributed by atoms with Crippen molar-refractivity contribution in [3.63, 3.8) is 0 Å². The Bertz CT molecular complexity index is 320. The first-order valence-corrected chi connectivity index (χ1v) is 5.08. The Kier molecular flexibility index (Phi) is 3.63. The van der Waals surface area contributed by atoms with Crippen molar-refractivity contribution in [1.82, 2.24) is 0 Å². The van der Waals surface area contributed by atoms with Gasteiger partial charge in [-0.2, -0.15) is 0 Å². The molecule has 0 bridgehead atoms. The van der Waals surface area contributed by atoms with Gasteiger partial charge in [-0.25, -0.2) is 0 Å². The van der Waals surface area contributed by atoms with E-state index in [1.807, 2.05) is 13.8 Å². The topological polar surface area (TPSA) is 0 Å². The molecule has 12 heavy (non-hydrogen) atoms. The van der Waals surface area contributed by atoms with E-state index in [0.717, 1.165) is 6.42 Å². The van der Waals surface area contributed by atoms with Crippen molar-refractivity contribution in [3.8, 4) is 11.8 Å². The molecule has 1 aliphatic rings. The van der Waals surface area contributed by atoms with E-state index in [0.29, 0.717) is 0 Å². The third-order valence-electron chi connectivity index (χ3n) is 1.41. The average molecular weight is 176 g/mol. The minimum atomic E-state index is 0.890. The predicted molar refractivity (Wildman–Crippen MR) is 56.2 cm³/mol. The summed E-state index contributed by atoms with van der Waals surface area (Å²) in [7, 11) is 0. The highest BCUT2D eigenvalue weighted by Crippen LogP contribution is 2.18. The van der Waals surface area contributed by atoms with E-state index in [1.54, 1.807) is 11.3 Å². The van der Waals surface area contributed by atoms with Gasteiger partial charge >= 0.3 is 0 Å². The lowest BCUT2D eigenvalue weighted by Crippen LogP contribution is -1.66. The van der Waals surface area contributed by atoms with Gasteiger partial charge in [0.05, 0.1) is 0 Å². The van der Waals surface area contributed by atoms with Crippen LogP contribution in [0.2, 0.25) is 0 Å². The van der Waals surface area contributed by atoms with Gasteiger partial charge in [-0.3, -0.25) is 0 Å². The molecule has 2 rings (SSSR count). The third-order valence-corrected chi connectivity index (χ3v) is 2.29. The maximum atomic E-state index is 3.10. The Morgan fingerprint density at radius 2 is 2.25 bits per heavy atom. The Hall–Kier alpha value is -1.00. The van der Waals surface area contributed by atoms with Gasteiger partial charge in [0.2, 0.25) is 0 Å². The molecule has 0 aliphatic heterocycles. The van der Waals surface area contributed by atoms with E-state index in [2.05, 4.69) is 35.4 Å². The molecule has 0 spiro atoms. The molecule has 0 saturated carbocycles. The van der Waals surface area contributed by atoms with Crippen LogP contribution in [0.4, 0.5) is 0 Å². The van der Waals surface area contributed by atoms with Crippen LogP contribution in [0.1, 0.15) is 30.7 Å². The first kappa shape index (κ1) is 9.09. The van der Waals surface area contributed by atoms with Crippen LogP contribution < -0.4 is 0 Å². The summed E-state index contributed by atoms with van der Waals surface area (Å²) in [4.78, 5) is 1.30. The summed E-state index contributed by atoms with van der Waals surface area (Å²) in [5.74, 6) is 6.16. The molecule has 1 aromatic rings. The van der Waals surface area contributed by atoms with Gasteiger partial charge < -0.3 is 0 Å². The van der Waals surface area contributed by atoms with Gasteiger partial charge in [0, 0.05) is 16.9 Å². The number of allylic oxidation sites excluding steroid dienone is 1. The smallest absolute Gasteiger partial charge is 0.0425 e. The minimum Gasteiger partial charge on any atom is -0.143 e. The monoisotopic (exact) mass is 176 g/mol. The van der Waals surface area contributed by atoms with Crippen molar-refractivity contribution in [3.05, 3.63) is 28.0 Å². The zero-order valence-corrected chi connectivity index (χ0v) is 8.24. The van der Waals surface area contributed by atoms with Gasteiger partial charge in [0.25, 0.3) is 0 Å². The van der Waals surface area contributed by atoms with Crippen LogP contribution in [0.3, 0.4) is 0 Å². The van der Waals surface area contributed by atoms with Crippen molar-refractivity contribution in [2.45, 2.75) is 20.3 Å². The number of thiophene rings is 1. The van der Waals surface area contributed by atoms with Crippen molar-refractivity contribution < 1.29 is 0 Å². The molecule has 0 aromatic carbocycles. The van der Waals surface area contributed by atoms with Crippen molar-refractivity contribution in [2.75, 3.05) is 0 Å². The van der Waals surface area contributed by atoms with Gasteiger partial charge in [0.15, 0.2) is 0 Å². The SMILES string of the molecule is C1#Cc2ccsc2C=CC1.CC. The molecule has 0 fully saturated rings. The first-order valence-electron chi connectivity index (χ1n) is 4.20. The summed E-state index contributed by atoms with van der Waals surface area (Å²) in [5.41, 5.74) is 1.18. The van der Waals surface area contributed by atoms with Crippen LogP contribution in [0.25, 0.3) is 6.08 Å². The number of rotatable bonds is 0. The largest absolute Gasteiger partial charge is 0.143 e. The van der Waals surface area contributed by atoms with E-state index in [-0.39, 0.29) is 0 Å². The highest BCUT2D eigenvalue weighted by Gasteiger charge is 1.97. The molecule has 1 aliphatic carbocycles. The lowest BCUT2D eigenvalue weighted by Gasteiger charge is -1.82. The number of hydrogen-bond donors (Lipinski definition) is 0. The zero-order chi connectivity index (χ0) is 8.81. The Balaban J connectivity index is 0.000000336. The zero-order valence-electron chi connectivity index (χ0n) is 7.42. The third kappa shape index (κ3) is 1.99. The molecule has 0 N–H and O–H groups in total. The Morgan fingerprint density at radius 3 is 3.08 bits per heavy atom. The second-order valence-electron chi connectivity index (χ2n) is 2.11. The van der Waals surface area contributed by atoms with Crippen molar-refractivity contribution in [2.24, 2.45) is 0 Å². The Labute approximate surface area is 77.9 Å². The molecule has 0 atom stereocenters. The first-order chi connectivity index (χ1) is 5.97. The summed E-state index contributed by atoms with van der Waals surface area (Å²) in [6.07, 6.45) is 5.13.